The van der Waals surface area contributed by atoms with Crippen molar-refractivity contribution in [3.63, 3.8) is 0 Å². The summed E-state index contributed by atoms with van der Waals surface area (Å²) < 4.78 is 0. The van der Waals surface area contributed by atoms with Gasteiger partial charge in [-0.05, 0) is 49.7 Å². The normalized spacial score (nSPS) is 12.2. The van der Waals surface area contributed by atoms with Gasteiger partial charge >= 0.3 is 0 Å². The Morgan fingerprint density at radius 3 is 2.35 bits per heavy atom. The molecule has 0 heterocycles. The number of hydrogen-bond acceptors (Lipinski definition) is 2. The number of aryl methyl sites for hydroxylation is 1. The molecule has 0 fully saturated rings. The van der Waals surface area contributed by atoms with Crippen LogP contribution < -0.4 is 0 Å². The number of hydrogen-bond donors (Lipinski definition) is 0. The third kappa shape index (κ3) is 3.78. The van der Waals surface area contributed by atoms with Gasteiger partial charge in [0.25, 0.3) is 0 Å². The summed E-state index contributed by atoms with van der Waals surface area (Å²) in [5.41, 5.74) is 1.62. The van der Waals surface area contributed by atoms with Crippen LogP contribution in [0.1, 0.15) is 22.8 Å². The average molecular weight is 325 g/mol. The molecule has 20 heavy (non-hydrogen) atoms. The molecule has 104 valence electrons. The van der Waals surface area contributed by atoms with Crippen molar-refractivity contribution in [3.05, 3.63) is 63.6 Å². The lowest BCUT2D eigenvalue weighted by Gasteiger charge is -2.11. The topological polar surface area (TPSA) is 17.1 Å². The highest BCUT2D eigenvalue weighted by atomic mass is 35.5. The van der Waals surface area contributed by atoms with Gasteiger partial charge in [0.15, 0.2) is 5.78 Å². The average Bonchev–Trinajstić information content (AvgIpc) is 2.43. The zero-order chi connectivity index (χ0) is 14.7. The van der Waals surface area contributed by atoms with Crippen molar-refractivity contribution in [2.24, 2.45) is 0 Å². The number of halogens is 2. The van der Waals surface area contributed by atoms with E-state index in [-0.39, 0.29) is 11.0 Å². The molecule has 0 aromatic heterocycles. The maximum Gasteiger partial charge on any atom is 0.175 e. The molecule has 0 unspecified atom stereocenters. The van der Waals surface area contributed by atoms with Gasteiger partial charge in [-0.2, -0.15) is 0 Å². The molecule has 0 aliphatic carbocycles. The minimum atomic E-state index is -0.171. The molecule has 0 spiro atoms. The second-order valence-corrected chi connectivity index (χ2v) is 6.80. The maximum absolute atomic E-state index is 12.4. The third-order valence-corrected chi connectivity index (χ3v) is 4.72. The fourth-order valence-corrected chi connectivity index (χ4v) is 3.00. The molecule has 0 radical (unpaired) electrons. The fraction of sp³-hybridized carbons (Fsp3) is 0.188. The van der Waals surface area contributed by atoms with Crippen LogP contribution in [0.4, 0.5) is 0 Å². The van der Waals surface area contributed by atoms with Gasteiger partial charge in [0.05, 0.1) is 5.25 Å². The number of ketones is 1. The highest BCUT2D eigenvalue weighted by Crippen LogP contribution is 2.27. The molecule has 2 aromatic carbocycles. The van der Waals surface area contributed by atoms with Gasteiger partial charge in [-0.1, -0.05) is 35.3 Å². The van der Waals surface area contributed by atoms with Crippen LogP contribution in [0.2, 0.25) is 10.0 Å². The van der Waals surface area contributed by atoms with Gasteiger partial charge in [-0.25, -0.2) is 0 Å². The van der Waals surface area contributed by atoms with Crippen LogP contribution in [-0.4, -0.2) is 11.0 Å². The summed E-state index contributed by atoms with van der Waals surface area (Å²) in [7, 11) is 0. The number of carbonyl (C=O) groups excluding carboxylic acids is 1. The Kier molecular flexibility index (Phi) is 5.14. The van der Waals surface area contributed by atoms with Gasteiger partial charge in [0.2, 0.25) is 0 Å². The lowest BCUT2D eigenvalue weighted by atomic mass is 10.1. The van der Waals surface area contributed by atoms with Crippen LogP contribution in [-0.2, 0) is 0 Å². The lowest BCUT2D eigenvalue weighted by molar-refractivity contribution is 0.0994. The van der Waals surface area contributed by atoms with Crippen molar-refractivity contribution >= 4 is 40.7 Å². The number of Topliss-reactive ketones (excluding diaryl/α,β-unsaturated/α-hetero) is 1. The fourth-order valence-electron chi connectivity index (χ4n) is 1.75. The SMILES string of the molecule is Cc1ccc(C(=O)[C@@H](C)Sc2ccc(Cl)cc2)cc1Cl. The molecule has 0 bridgehead atoms. The number of thioether (sulfide) groups is 1. The standard InChI is InChI=1S/C16H14Cl2OS/c1-10-3-4-12(9-15(10)18)16(19)11(2)20-14-7-5-13(17)6-8-14/h3-9,11H,1-2H3/t11-/m1/s1. The Morgan fingerprint density at radius 1 is 1.10 bits per heavy atom. The predicted molar refractivity (Wildman–Crippen MR) is 87.3 cm³/mol. The zero-order valence-corrected chi connectivity index (χ0v) is 13.5. The number of rotatable bonds is 4. The Balaban J connectivity index is 2.11. The molecule has 0 saturated heterocycles. The molecule has 1 nitrogen and oxygen atoms in total. The van der Waals surface area contributed by atoms with Crippen LogP contribution in [0.3, 0.4) is 0 Å². The Hall–Kier alpha value is -0.960. The van der Waals surface area contributed by atoms with E-state index in [1.165, 1.54) is 11.8 Å². The molecule has 0 N–H and O–H groups in total. The second kappa shape index (κ2) is 6.66. The third-order valence-electron chi connectivity index (χ3n) is 2.95. The molecule has 2 aromatic rings. The largest absolute Gasteiger partial charge is 0.293 e. The first kappa shape index (κ1) is 15.4. The quantitative estimate of drug-likeness (QED) is 0.532. The lowest BCUT2D eigenvalue weighted by Crippen LogP contribution is -2.13. The van der Waals surface area contributed by atoms with Gasteiger partial charge in [0, 0.05) is 20.5 Å². The van der Waals surface area contributed by atoms with Crippen LogP contribution in [0, 0.1) is 6.92 Å². The van der Waals surface area contributed by atoms with E-state index in [2.05, 4.69) is 0 Å². The molecule has 0 amide bonds. The van der Waals surface area contributed by atoms with E-state index in [1.54, 1.807) is 6.07 Å². The first-order valence-electron chi connectivity index (χ1n) is 6.20. The van der Waals surface area contributed by atoms with Crippen molar-refractivity contribution in [2.45, 2.75) is 24.0 Å². The summed E-state index contributed by atoms with van der Waals surface area (Å²) in [6.07, 6.45) is 0. The summed E-state index contributed by atoms with van der Waals surface area (Å²) in [6, 6.07) is 12.9. The van der Waals surface area contributed by atoms with Crippen molar-refractivity contribution in [1.29, 1.82) is 0 Å². The van der Waals surface area contributed by atoms with Crippen LogP contribution in [0.25, 0.3) is 0 Å². The molecule has 0 aliphatic heterocycles. The monoisotopic (exact) mass is 324 g/mol. The Bertz CT molecular complexity index is 623. The molecular formula is C16H14Cl2OS. The smallest absolute Gasteiger partial charge is 0.175 e. The van der Waals surface area contributed by atoms with Crippen LogP contribution in [0.5, 0.6) is 0 Å². The van der Waals surface area contributed by atoms with E-state index in [0.29, 0.717) is 15.6 Å². The highest BCUT2D eigenvalue weighted by molar-refractivity contribution is 8.00. The van der Waals surface area contributed by atoms with Gasteiger partial charge in [-0.3, -0.25) is 4.79 Å². The Morgan fingerprint density at radius 2 is 1.75 bits per heavy atom. The summed E-state index contributed by atoms with van der Waals surface area (Å²) in [6.45, 7) is 3.82. The van der Waals surface area contributed by atoms with Crippen LogP contribution >= 0.6 is 35.0 Å². The molecule has 0 saturated carbocycles. The number of carbonyl (C=O) groups is 1. The van der Waals surface area contributed by atoms with Gasteiger partial charge in [-0.15, -0.1) is 11.8 Å². The van der Waals surface area contributed by atoms with Crippen molar-refractivity contribution in [1.82, 2.24) is 0 Å². The number of benzene rings is 2. The summed E-state index contributed by atoms with van der Waals surface area (Å²) in [5.74, 6) is 0.0758. The van der Waals surface area contributed by atoms with E-state index in [1.807, 2.05) is 50.2 Å². The summed E-state index contributed by atoms with van der Waals surface area (Å²) in [5, 5.41) is 1.15. The molecule has 2 rings (SSSR count). The second-order valence-electron chi connectivity index (χ2n) is 4.54. The zero-order valence-electron chi connectivity index (χ0n) is 11.2. The Labute approximate surface area is 133 Å². The molecule has 0 aliphatic rings. The van der Waals surface area contributed by atoms with E-state index in [9.17, 15) is 4.79 Å². The van der Waals surface area contributed by atoms with Crippen molar-refractivity contribution in [3.8, 4) is 0 Å². The van der Waals surface area contributed by atoms with Gasteiger partial charge in [0.1, 0.15) is 0 Å². The van der Waals surface area contributed by atoms with Gasteiger partial charge < -0.3 is 0 Å². The summed E-state index contributed by atoms with van der Waals surface area (Å²) >= 11 is 13.4. The van der Waals surface area contributed by atoms with E-state index in [0.717, 1.165) is 10.5 Å². The molecular weight excluding hydrogens is 311 g/mol. The first-order chi connectivity index (χ1) is 9.47. The van der Waals surface area contributed by atoms with Crippen molar-refractivity contribution in [2.75, 3.05) is 0 Å². The maximum atomic E-state index is 12.4. The highest BCUT2D eigenvalue weighted by Gasteiger charge is 2.17. The van der Waals surface area contributed by atoms with Crippen molar-refractivity contribution < 1.29 is 4.79 Å². The molecule has 4 heteroatoms. The van der Waals surface area contributed by atoms with E-state index in [4.69, 9.17) is 23.2 Å². The minimum absolute atomic E-state index is 0.0758. The summed E-state index contributed by atoms with van der Waals surface area (Å²) in [4.78, 5) is 13.4. The first-order valence-corrected chi connectivity index (χ1v) is 7.83. The van der Waals surface area contributed by atoms with Crippen LogP contribution in [0.15, 0.2) is 47.4 Å². The predicted octanol–water partition coefficient (Wildman–Crippen LogP) is 5.67. The minimum Gasteiger partial charge on any atom is -0.293 e. The van der Waals surface area contributed by atoms with E-state index < -0.39 is 0 Å². The van der Waals surface area contributed by atoms with E-state index >= 15 is 0 Å². The molecule has 1 atom stereocenters.